The summed E-state index contributed by atoms with van der Waals surface area (Å²) in [5.41, 5.74) is 2.12. The van der Waals surface area contributed by atoms with E-state index in [1.807, 2.05) is 24.3 Å². The number of aryl methyl sites for hydroxylation is 1. The van der Waals surface area contributed by atoms with E-state index in [2.05, 4.69) is 10.3 Å². The fraction of sp³-hybridized carbons (Fsp3) is 0.111. The van der Waals surface area contributed by atoms with Gasteiger partial charge in [-0.2, -0.15) is 5.26 Å². The number of para-hydroxylation sites is 1. The Hall–Kier alpha value is -3.24. The lowest BCUT2D eigenvalue weighted by Crippen LogP contribution is -2.21. The van der Waals surface area contributed by atoms with E-state index < -0.39 is 18.5 Å². The maximum Gasteiger partial charge on any atom is 0.339 e. The number of esters is 1. The maximum atomic E-state index is 12.4. The molecule has 124 valence electrons. The number of aromatic nitrogens is 1. The number of ether oxygens (including phenoxy) is 1. The van der Waals surface area contributed by atoms with Crippen molar-refractivity contribution in [2.45, 2.75) is 6.92 Å². The van der Waals surface area contributed by atoms with Crippen molar-refractivity contribution >= 4 is 39.1 Å². The van der Waals surface area contributed by atoms with Crippen LogP contribution in [0.3, 0.4) is 0 Å². The fourth-order valence-electron chi connectivity index (χ4n) is 2.34. The molecule has 0 unspecified atom stereocenters. The van der Waals surface area contributed by atoms with E-state index in [4.69, 9.17) is 10.00 Å². The van der Waals surface area contributed by atoms with Crippen molar-refractivity contribution in [3.05, 3.63) is 58.6 Å². The summed E-state index contributed by atoms with van der Waals surface area (Å²) in [4.78, 5) is 28.7. The first-order chi connectivity index (χ1) is 12.1. The van der Waals surface area contributed by atoms with E-state index in [-0.39, 0.29) is 0 Å². The molecule has 0 atom stereocenters. The van der Waals surface area contributed by atoms with Crippen LogP contribution in [-0.2, 0) is 9.53 Å². The molecule has 3 aromatic rings. The van der Waals surface area contributed by atoms with Crippen molar-refractivity contribution in [3.8, 4) is 6.07 Å². The van der Waals surface area contributed by atoms with Crippen molar-refractivity contribution in [3.63, 3.8) is 0 Å². The number of anilines is 1. The quantitative estimate of drug-likeness (QED) is 0.728. The van der Waals surface area contributed by atoms with Gasteiger partial charge in [0.1, 0.15) is 11.1 Å². The molecule has 1 aromatic carbocycles. The number of nitrogens with zero attached hydrogens (tertiary/aromatic N) is 2. The summed E-state index contributed by atoms with van der Waals surface area (Å²) in [6.07, 6.45) is 0. The zero-order valence-electron chi connectivity index (χ0n) is 13.3. The molecule has 0 fully saturated rings. The van der Waals surface area contributed by atoms with Gasteiger partial charge in [0.25, 0.3) is 5.91 Å². The van der Waals surface area contributed by atoms with Crippen LogP contribution in [0.5, 0.6) is 0 Å². The van der Waals surface area contributed by atoms with Gasteiger partial charge in [-0.3, -0.25) is 9.78 Å². The minimum atomic E-state index is -0.594. The van der Waals surface area contributed by atoms with Crippen molar-refractivity contribution in [1.82, 2.24) is 4.98 Å². The van der Waals surface area contributed by atoms with E-state index in [9.17, 15) is 9.59 Å². The molecule has 1 N–H and O–H groups in total. The Morgan fingerprint density at radius 2 is 2.12 bits per heavy atom. The number of rotatable bonds is 4. The molecule has 0 aliphatic carbocycles. The Kier molecular flexibility index (Phi) is 4.73. The molecule has 0 saturated carbocycles. The second kappa shape index (κ2) is 7.11. The fourth-order valence-corrected chi connectivity index (χ4v) is 3.10. The largest absolute Gasteiger partial charge is 0.452 e. The number of nitriles is 1. The number of fused-ring (bicyclic) bond motifs is 1. The highest BCUT2D eigenvalue weighted by atomic mass is 32.1. The molecular weight excluding hydrogens is 338 g/mol. The Labute approximate surface area is 147 Å². The van der Waals surface area contributed by atoms with Gasteiger partial charge in [0.2, 0.25) is 0 Å². The summed E-state index contributed by atoms with van der Waals surface area (Å²) in [7, 11) is 0. The van der Waals surface area contributed by atoms with Gasteiger partial charge >= 0.3 is 5.97 Å². The molecule has 0 bridgehead atoms. The standard InChI is InChI=1S/C18H13N3O3S/c1-11-8-14(13-4-2-3-5-15(13)20-11)18(23)24-10-16(22)21-17-12(9-19)6-7-25-17/h2-8H,10H2,1H3,(H,21,22). The van der Waals surface area contributed by atoms with Gasteiger partial charge in [-0.25, -0.2) is 4.79 Å². The average molecular weight is 351 g/mol. The Morgan fingerprint density at radius 3 is 2.92 bits per heavy atom. The van der Waals surface area contributed by atoms with Gasteiger partial charge in [-0.15, -0.1) is 11.3 Å². The Bertz CT molecular complexity index is 1000. The molecule has 2 aromatic heterocycles. The van der Waals surface area contributed by atoms with Gasteiger partial charge < -0.3 is 10.1 Å². The third-order valence-electron chi connectivity index (χ3n) is 3.44. The van der Waals surface area contributed by atoms with E-state index >= 15 is 0 Å². The topological polar surface area (TPSA) is 92.1 Å². The number of carbonyl (C=O) groups excluding carboxylic acids is 2. The Balaban J connectivity index is 1.71. The summed E-state index contributed by atoms with van der Waals surface area (Å²) < 4.78 is 5.12. The number of amides is 1. The number of thiophene rings is 1. The lowest BCUT2D eigenvalue weighted by atomic mass is 10.1. The summed E-state index contributed by atoms with van der Waals surface area (Å²) in [6, 6.07) is 12.5. The predicted molar refractivity (Wildman–Crippen MR) is 94.4 cm³/mol. The smallest absolute Gasteiger partial charge is 0.339 e. The van der Waals surface area contributed by atoms with Crippen LogP contribution in [0.25, 0.3) is 10.9 Å². The highest BCUT2D eigenvalue weighted by Gasteiger charge is 2.15. The van der Waals surface area contributed by atoms with Crippen LogP contribution in [0.15, 0.2) is 41.8 Å². The number of nitrogens with one attached hydrogen (secondary N) is 1. The van der Waals surface area contributed by atoms with Gasteiger partial charge in [-0.1, -0.05) is 18.2 Å². The minimum Gasteiger partial charge on any atom is -0.452 e. The summed E-state index contributed by atoms with van der Waals surface area (Å²) in [5.74, 6) is -1.09. The maximum absolute atomic E-state index is 12.4. The SMILES string of the molecule is Cc1cc(C(=O)OCC(=O)Nc2sccc2C#N)c2ccccc2n1. The summed E-state index contributed by atoms with van der Waals surface area (Å²) in [6.45, 7) is 1.35. The van der Waals surface area contributed by atoms with Crippen LogP contribution >= 0.6 is 11.3 Å². The molecule has 6 nitrogen and oxygen atoms in total. The molecule has 0 aliphatic rings. The zero-order chi connectivity index (χ0) is 17.8. The van der Waals surface area contributed by atoms with E-state index in [1.54, 1.807) is 30.5 Å². The highest BCUT2D eigenvalue weighted by molar-refractivity contribution is 7.14. The van der Waals surface area contributed by atoms with Crippen LogP contribution in [0.2, 0.25) is 0 Å². The number of pyridine rings is 1. The van der Waals surface area contributed by atoms with E-state index in [1.165, 1.54) is 11.3 Å². The molecule has 0 radical (unpaired) electrons. The molecule has 7 heteroatoms. The van der Waals surface area contributed by atoms with Crippen LogP contribution in [-0.4, -0.2) is 23.5 Å². The van der Waals surface area contributed by atoms with Crippen LogP contribution in [0.4, 0.5) is 5.00 Å². The lowest BCUT2D eigenvalue weighted by molar-refractivity contribution is -0.119. The van der Waals surface area contributed by atoms with E-state index in [0.717, 1.165) is 0 Å². The first-order valence-electron chi connectivity index (χ1n) is 7.39. The normalized spacial score (nSPS) is 10.2. The Morgan fingerprint density at radius 1 is 1.32 bits per heavy atom. The molecule has 2 heterocycles. The number of hydrogen-bond acceptors (Lipinski definition) is 6. The van der Waals surface area contributed by atoms with Crippen LogP contribution in [0, 0.1) is 18.3 Å². The van der Waals surface area contributed by atoms with Gasteiger partial charge in [0, 0.05) is 11.1 Å². The van der Waals surface area contributed by atoms with Crippen molar-refractivity contribution < 1.29 is 14.3 Å². The number of hydrogen-bond donors (Lipinski definition) is 1. The zero-order valence-corrected chi connectivity index (χ0v) is 14.1. The van der Waals surface area contributed by atoms with Gasteiger partial charge in [-0.05, 0) is 30.5 Å². The van der Waals surface area contributed by atoms with Crippen molar-refractivity contribution in [2.75, 3.05) is 11.9 Å². The monoisotopic (exact) mass is 351 g/mol. The molecular formula is C18H13N3O3S. The molecule has 1 amide bonds. The highest BCUT2D eigenvalue weighted by Crippen LogP contribution is 2.22. The number of benzene rings is 1. The molecule has 25 heavy (non-hydrogen) atoms. The van der Waals surface area contributed by atoms with Crippen LogP contribution < -0.4 is 5.32 Å². The molecule has 3 rings (SSSR count). The van der Waals surface area contributed by atoms with E-state index in [0.29, 0.717) is 32.7 Å². The summed E-state index contributed by atoms with van der Waals surface area (Å²) in [5, 5.41) is 14.3. The first-order valence-corrected chi connectivity index (χ1v) is 8.27. The second-order valence-electron chi connectivity index (χ2n) is 5.23. The van der Waals surface area contributed by atoms with Crippen LogP contribution in [0.1, 0.15) is 21.6 Å². The molecule has 0 spiro atoms. The summed E-state index contributed by atoms with van der Waals surface area (Å²) >= 11 is 1.23. The first kappa shape index (κ1) is 16.6. The third-order valence-corrected chi connectivity index (χ3v) is 4.27. The van der Waals surface area contributed by atoms with Crippen molar-refractivity contribution in [2.24, 2.45) is 0 Å². The average Bonchev–Trinajstić information content (AvgIpc) is 3.06. The predicted octanol–water partition coefficient (Wildman–Crippen LogP) is 3.27. The number of carbonyl (C=O) groups is 2. The van der Waals surface area contributed by atoms with Gasteiger partial charge in [0.15, 0.2) is 6.61 Å². The molecule has 0 aliphatic heterocycles. The molecule has 0 saturated heterocycles. The second-order valence-corrected chi connectivity index (χ2v) is 6.14. The lowest BCUT2D eigenvalue weighted by Gasteiger charge is -2.08. The van der Waals surface area contributed by atoms with Crippen molar-refractivity contribution in [1.29, 1.82) is 5.26 Å². The third kappa shape index (κ3) is 3.65. The van der Waals surface area contributed by atoms with Gasteiger partial charge in [0.05, 0.1) is 16.6 Å². The minimum absolute atomic E-state index is 0.365.